The van der Waals surface area contributed by atoms with Gasteiger partial charge in [0.1, 0.15) is 17.3 Å². The summed E-state index contributed by atoms with van der Waals surface area (Å²) in [6.07, 6.45) is 0. The van der Waals surface area contributed by atoms with Crippen LogP contribution in [0.4, 0.5) is 11.5 Å². The molecule has 10 nitrogen and oxygen atoms in total. The van der Waals surface area contributed by atoms with Crippen LogP contribution in [0.5, 0.6) is 11.5 Å². The highest BCUT2D eigenvalue weighted by molar-refractivity contribution is 7.90. The normalized spacial score (nSPS) is 11.2. The van der Waals surface area contributed by atoms with E-state index in [2.05, 4.69) is 5.10 Å². The maximum absolute atomic E-state index is 12.8. The predicted octanol–water partition coefficient (Wildman–Crippen LogP) is 2.29. The molecule has 0 radical (unpaired) electrons. The maximum atomic E-state index is 12.8. The number of nitrogens with two attached hydrogens (primary N) is 1. The van der Waals surface area contributed by atoms with Gasteiger partial charge >= 0.3 is 0 Å². The second-order valence-electron chi connectivity index (χ2n) is 5.62. The Balaban J connectivity index is 2.06. The second kappa shape index (κ2) is 7.19. The van der Waals surface area contributed by atoms with Crippen molar-refractivity contribution in [3.8, 4) is 22.8 Å². The molecule has 0 saturated heterocycles. The zero-order chi connectivity index (χ0) is 20.5. The van der Waals surface area contributed by atoms with Gasteiger partial charge in [0.15, 0.2) is 0 Å². The first kappa shape index (κ1) is 19.2. The van der Waals surface area contributed by atoms with Crippen LogP contribution in [0.25, 0.3) is 11.3 Å². The third-order valence-electron chi connectivity index (χ3n) is 3.96. The number of nitro benzene ring substituents is 1. The Kier molecular flexibility index (Phi) is 4.92. The van der Waals surface area contributed by atoms with Gasteiger partial charge in [-0.3, -0.25) is 10.1 Å². The van der Waals surface area contributed by atoms with Crippen molar-refractivity contribution in [1.29, 1.82) is 0 Å². The summed E-state index contributed by atoms with van der Waals surface area (Å²) < 4.78 is 36.8. The fourth-order valence-electron chi connectivity index (χ4n) is 2.55. The number of benzene rings is 2. The molecule has 146 valence electrons. The third-order valence-corrected chi connectivity index (χ3v) is 5.58. The molecular weight excluding hydrogens is 388 g/mol. The van der Waals surface area contributed by atoms with E-state index in [0.29, 0.717) is 21.1 Å². The molecule has 0 spiro atoms. The van der Waals surface area contributed by atoms with E-state index in [1.54, 1.807) is 18.2 Å². The summed E-state index contributed by atoms with van der Waals surface area (Å²) in [5, 5.41) is 14.8. The van der Waals surface area contributed by atoms with Gasteiger partial charge < -0.3 is 15.2 Å². The largest absolute Gasteiger partial charge is 0.497 e. The van der Waals surface area contributed by atoms with Crippen LogP contribution in [0, 0.1) is 10.1 Å². The Bertz CT molecular complexity index is 1140. The molecule has 3 aromatic rings. The summed E-state index contributed by atoms with van der Waals surface area (Å²) in [6.45, 7) is 0. The first-order chi connectivity index (χ1) is 13.3. The zero-order valence-corrected chi connectivity index (χ0v) is 15.7. The Morgan fingerprint density at radius 3 is 2.32 bits per heavy atom. The molecule has 1 heterocycles. The van der Waals surface area contributed by atoms with Crippen LogP contribution in [0.1, 0.15) is 0 Å². The van der Waals surface area contributed by atoms with E-state index in [0.717, 1.165) is 24.3 Å². The Morgan fingerprint density at radius 2 is 1.75 bits per heavy atom. The van der Waals surface area contributed by atoms with Crippen LogP contribution in [-0.2, 0) is 10.0 Å². The van der Waals surface area contributed by atoms with Crippen molar-refractivity contribution in [3.63, 3.8) is 0 Å². The number of rotatable bonds is 6. The van der Waals surface area contributed by atoms with Crippen molar-refractivity contribution in [2.24, 2.45) is 0 Å². The van der Waals surface area contributed by atoms with Gasteiger partial charge in [-0.05, 0) is 24.3 Å². The second-order valence-corrected chi connectivity index (χ2v) is 7.39. The molecule has 0 amide bonds. The molecule has 1 aromatic heterocycles. The van der Waals surface area contributed by atoms with Crippen LogP contribution in [0.15, 0.2) is 53.4 Å². The number of nitrogen functional groups attached to an aromatic ring is 1. The number of non-ortho nitro benzene ring substituents is 1. The van der Waals surface area contributed by atoms with E-state index in [1.165, 1.54) is 20.3 Å². The minimum atomic E-state index is -4.14. The van der Waals surface area contributed by atoms with Crippen LogP contribution in [0.2, 0.25) is 0 Å². The molecule has 0 fully saturated rings. The lowest BCUT2D eigenvalue weighted by Gasteiger charge is -2.08. The number of anilines is 1. The number of hydrogen-bond donors (Lipinski definition) is 1. The lowest BCUT2D eigenvalue weighted by molar-refractivity contribution is -0.384. The van der Waals surface area contributed by atoms with Crippen molar-refractivity contribution in [3.05, 3.63) is 58.6 Å². The molecule has 0 atom stereocenters. The fourth-order valence-corrected chi connectivity index (χ4v) is 3.76. The lowest BCUT2D eigenvalue weighted by atomic mass is 10.1. The standard InChI is InChI=1S/C17H16N4O6S/c1-26-12-5-8-14(16(9-12)27-2)15-10-17(18)20(19-15)28(24,25)13-6-3-11(4-7-13)21(22)23/h3-10H,18H2,1-2H3. The lowest BCUT2D eigenvalue weighted by Crippen LogP contribution is -2.16. The van der Waals surface area contributed by atoms with Crippen molar-refractivity contribution in [2.75, 3.05) is 20.0 Å². The van der Waals surface area contributed by atoms with Gasteiger partial charge in [0.25, 0.3) is 15.7 Å². The first-order valence-electron chi connectivity index (χ1n) is 7.86. The van der Waals surface area contributed by atoms with E-state index in [9.17, 15) is 18.5 Å². The molecule has 0 aliphatic heterocycles. The topological polar surface area (TPSA) is 140 Å². The molecule has 3 rings (SSSR count). The van der Waals surface area contributed by atoms with Crippen molar-refractivity contribution in [1.82, 2.24) is 9.19 Å². The van der Waals surface area contributed by atoms with Crippen LogP contribution in [-0.4, -0.2) is 36.7 Å². The summed E-state index contributed by atoms with van der Waals surface area (Å²) in [5.74, 6) is 0.870. The Morgan fingerprint density at radius 1 is 1.07 bits per heavy atom. The summed E-state index contributed by atoms with van der Waals surface area (Å²) >= 11 is 0. The van der Waals surface area contributed by atoms with Crippen molar-refractivity contribution in [2.45, 2.75) is 4.90 Å². The Hall–Kier alpha value is -3.60. The average molecular weight is 404 g/mol. The van der Waals surface area contributed by atoms with Crippen molar-refractivity contribution >= 4 is 21.5 Å². The van der Waals surface area contributed by atoms with Gasteiger partial charge in [0, 0.05) is 29.8 Å². The molecule has 11 heteroatoms. The molecule has 0 bridgehead atoms. The number of aromatic nitrogens is 2. The van der Waals surface area contributed by atoms with Crippen LogP contribution < -0.4 is 15.2 Å². The molecule has 2 aromatic carbocycles. The number of hydrogen-bond acceptors (Lipinski definition) is 8. The van der Waals surface area contributed by atoms with Gasteiger partial charge in [-0.25, -0.2) is 0 Å². The highest BCUT2D eigenvalue weighted by atomic mass is 32.2. The third kappa shape index (κ3) is 3.34. The van der Waals surface area contributed by atoms with E-state index < -0.39 is 14.9 Å². The van der Waals surface area contributed by atoms with Gasteiger partial charge in [0.05, 0.1) is 29.7 Å². The van der Waals surface area contributed by atoms with Gasteiger partial charge in [-0.1, -0.05) is 0 Å². The quantitative estimate of drug-likeness (QED) is 0.487. The van der Waals surface area contributed by atoms with Crippen LogP contribution >= 0.6 is 0 Å². The summed E-state index contributed by atoms with van der Waals surface area (Å²) in [6, 6.07) is 10.8. The monoisotopic (exact) mass is 404 g/mol. The number of nitro groups is 1. The fraction of sp³-hybridized carbons (Fsp3) is 0.118. The first-order valence-corrected chi connectivity index (χ1v) is 9.30. The number of nitrogens with zero attached hydrogens (tertiary/aromatic N) is 3. The van der Waals surface area contributed by atoms with Crippen LogP contribution in [0.3, 0.4) is 0 Å². The molecule has 0 saturated carbocycles. The van der Waals surface area contributed by atoms with E-state index in [-0.39, 0.29) is 22.1 Å². The molecule has 0 aliphatic rings. The van der Waals surface area contributed by atoms with E-state index >= 15 is 0 Å². The van der Waals surface area contributed by atoms with Crippen molar-refractivity contribution < 1.29 is 22.8 Å². The zero-order valence-electron chi connectivity index (χ0n) is 14.9. The predicted molar refractivity (Wildman–Crippen MR) is 101 cm³/mol. The van der Waals surface area contributed by atoms with Gasteiger partial charge in [0.2, 0.25) is 0 Å². The molecular formula is C17H16N4O6S. The SMILES string of the molecule is COc1ccc(-c2cc(N)n(S(=O)(=O)c3ccc([N+](=O)[O-])cc3)n2)c(OC)c1. The summed E-state index contributed by atoms with van der Waals surface area (Å²) in [5.41, 5.74) is 6.45. The number of methoxy groups -OCH3 is 2. The molecule has 0 aliphatic carbocycles. The average Bonchev–Trinajstić information content (AvgIpc) is 3.09. The van der Waals surface area contributed by atoms with E-state index in [4.69, 9.17) is 15.2 Å². The number of ether oxygens (including phenoxy) is 2. The van der Waals surface area contributed by atoms with Gasteiger partial charge in [-0.2, -0.15) is 13.5 Å². The minimum absolute atomic E-state index is 0.119. The van der Waals surface area contributed by atoms with Gasteiger partial charge in [-0.15, -0.1) is 4.09 Å². The Labute approximate surface area is 160 Å². The summed E-state index contributed by atoms with van der Waals surface area (Å²) in [4.78, 5) is 9.95. The molecule has 2 N–H and O–H groups in total. The minimum Gasteiger partial charge on any atom is -0.497 e. The smallest absolute Gasteiger partial charge is 0.284 e. The molecule has 0 unspecified atom stereocenters. The highest BCUT2D eigenvalue weighted by Crippen LogP contribution is 2.34. The molecule has 28 heavy (non-hydrogen) atoms. The summed E-state index contributed by atoms with van der Waals surface area (Å²) in [7, 11) is -1.16. The van der Waals surface area contributed by atoms with E-state index in [1.807, 2.05) is 0 Å². The maximum Gasteiger partial charge on any atom is 0.284 e. The highest BCUT2D eigenvalue weighted by Gasteiger charge is 2.24.